The first-order valence-corrected chi connectivity index (χ1v) is 18.3. The molecule has 0 fully saturated rings. The van der Waals surface area contributed by atoms with Gasteiger partial charge in [-0.3, -0.25) is 9.59 Å². The molecule has 0 aliphatic carbocycles. The van der Waals surface area contributed by atoms with Crippen molar-refractivity contribution in [1.29, 1.82) is 0 Å². The number of hydrogen-bond acceptors (Lipinski definition) is 3. The highest BCUT2D eigenvalue weighted by molar-refractivity contribution is 5.85. The zero-order chi connectivity index (χ0) is 30.4. The van der Waals surface area contributed by atoms with E-state index in [1.807, 2.05) is 0 Å². The van der Waals surface area contributed by atoms with Crippen LogP contribution < -0.4 is 0 Å². The van der Waals surface area contributed by atoms with Crippen molar-refractivity contribution in [3.8, 4) is 0 Å². The average Bonchev–Trinajstić information content (AvgIpc) is 2.92. The van der Waals surface area contributed by atoms with E-state index < -0.39 is 6.10 Å². The third kappa shape index (κ3) is 30.4. The largest absolute Gasteiger partial charge is 0.448 e. The second-order valence-corrected chi connectivity index (χ2v) is 13.9. The van der Waals surface area contributed by atoms with Gasteiger partial charge in [0.1, 0.15) is 6.54 Å². The predicted molar refractivity (Wildman–Crippen MR) is 178 cm³/mol. The van der Waals surface area contributed by atoms with E-state index in [2.05, 4.69) is 35.0 Å². The molecule has 244 valence electrons. The first kappa shape index (κ1) is 40.1. The standard InChI is InChI=1S/C37H74NO3/c1-6-8-10-12-14-16-18-20-22-24-26-28-30-32-35(39)36(34-38(3,4)5)41-37(40)33-31-29-27-25-23-21-19-17-15-13-11-9-7-2/h36H,6-34H2,1-5H3/q+1. The highest BCUT2D eigenvalue weighted by Crippen LogP contribution is 2.16. The maximum absolute atomic E-state index is 13.0. The lowest BCUT2D eigenvalue weighted by atomic mass is 10.0. The van der Waals surface area contributed by atoms with Gasteiger partial charge in [0, 0.05) is 12.8 Å². The molecule has 4 nitrogen and oxygen atoms in total. The molecule has 1 atom stereocenters. The van der Waals surface area contributed by atoms with Gasteiger partial charge in [-0.15, -0.1) is 0 Å². The van der Waals surface area contributed by atoms with Crippen LogP contribution in [-0.2, 0) is 14.3 Å². The minimum Gasteiger partial charge on any atom is -0.448 e. The highest BCUT2D eigenvalue weighted by atomic mass is 16.5. The van der Waals surface area contributed by atoms with Crippen molar-refractivity contribution in [2.45, 2.75) is 200 Å². The Kier molecular flexibility index (Phi) is 28.5. The van der Waals surface area contributed by atoms with E-state index in [9.17, 15) is 9.59 Å². The van der Waals surface area contributed by atoms with Gasteiger partial charge in [0.05, 0.1) is 21.1 Å². The van der Waals surface area contributed by atoms with Crippen LogP contribution in [0.2, 0.25) is 0 Å². The fourth-order valence-corrected chi connectivity index (χ4v) is 5.68. The number of Topliss-reactive ketones (excluding diaryl/α,β-unsaturated/α-hetero) is 1. The molecule has 4 heteroatoms. The summed E-state index contributed by atoms with van der Waals surface area (Å²) >= 11 is 0. The van der Waals surface area contributed by atoms with Gasteiger partial charge in [0.2, 0.25) is 6.10 Å². The van der Waals surface area contributed by atoms with E-state index in [0.717, 1.165) is 25.7 Å². The smallest absolute Gasteiger partial charge is 0.306 e. The number of nitrogens with zero attached hydrogens (tertiary/aromatic N) is 1. The highest BCUT2D eigenvalue weighted by Gasteiger charge is 2.28. The van der Waals surface area contributed by atoms with Gasteiger partial charge in [0.25, 0.3) is 0 Å². The molecule has 41 heavy (non-hydrogen) atoms. The van der Waals surface area contributed by atoms with Gasteiger partial charge < -0.3 is 9.22 Å². The Hall–Kier alpha value is -0.900. The molecule has 0 aliphatic rings. The number of esters is 1. The number of unbranched alkanes of at least 4 members (excludes halogenated alkanes) is 24. The molecule has 0 aromatic heterocycles. The van der Waals surface area contributed by atoms with Crippen LogP contribution in [0.5, 0.6) is 0 Å². The third-order valence-corrected chi connectivity index (χ3v) is 8.36. The van der Waals surface area contributed by atoms with E-state index in [4.69, 9.17) is 4.74 Å². The fourth-order valence-electron chi connectivity index (χ4n) is 5.68. The lowest BCUT2D eigenvalue weighted by molar-refractivity contribution is -0.872. The first-order chi connectivity index (χ1) is 19.8. The van der Waals surface area contributed by atoms with Crippen molar-refractivity contribution in [3.05, 3.63) is 0 Å². The lowest BCUT2D eigenvalue weighted by Gasteiger charge is -2.28. The number of quaternary nitrogens is 1. The topological polar surface area (TPSA) is 43.4 Å². The summed E-state index contributed by atoms with van der Waals surface area (Å²) in [7, 11) is 6.18. The summed E-state index contributed by atoms with van der Waals surface area (Å²) in [4.78, 5) is 25.5. The molecule has 0 radical (unpaired) electrons. The number of ketones is 1. The Labute approximate surface area is 257 Å². The van der Waals surface area contributed by atoms with Crippen LogP contribution in [0.3, 0.4) is 0 Å². The Morgan fingerprint density at radius 3 is 1.07 bits per heavy atom. The maximum atomic E-state index is 13.0. The Morgan fingerprint density at radius 1 is 0.463 bits per heavy atom. The number of ether oxygens (including phenoxy) is 1. The maximum Gasteiger partial charge on any atom is 0.306 e. The van der Waals surface area contributed by atoms with Gasteiger partial charge >= 0.3 is 5.97 Å². The fraction of sp³-hybridized carbons (Fsp3) is 0.946. The number of carbonyl (C=O) groups excluding carboxylic acids is 2. The third-order valence-electron chi connectivity index (χ3n) is 8.36. The number of rotatable bonds is 32. The van der Waals surface area contributed by atoms with Gasteiger partial charge in [0.15, 0.2) is 5.78 Å². The molecule has 0 aromatic rings. The SMILES string of the molecule is CCCCCCCCCCCCCCCC(=O)OC(C[N+](C)(C)C)C(=O)CCCCCCCCCCCCCCC. The van der Waals surface area contributed by atoms with Crippen LogP contribution in [0.1, 0.15) is 194 Å². The van der Waals surface area contributed by atoms with Crippen LogP contribution in [0.15, 0.2) is 0 Å². The molecule has 0 aliphatic heterocycles. The normalized spacial score (nSPS) is 12.5. The second kappa shape index (κ2) is 29.2. The zero-order valence-corrected chi connectivity index (χ0v) is 28.8. The molecule has 0 spiro atoms. The first-order valence-electron chi connectivity index (χ1n) is 18.3. The average molecular weight is 581 g/mol. The van der Waals surface area contributed by atoms with E-state index in [1.165, 1.54) is 141 Å². The molecular formula is C37H74NO3+. The molecule has 0 aromatic carbocycles. The van der Waals surface area contributed by atoms with Crippen molar-refractivity contribution in [3.63, 3.8) is 0 Å². The quantitative estimate of drug-likeness (QED) is 0.0451. The van der Waals surface area contributed by atoms with E-state index in [0.29, 0.717) is 23.9 Å². The van der Waals surface area contributed by atoms with Gasteiger partial charge in [-0.25, -0.2) is 0 Å². The van der Waals surface area contributed by atoms with Crippen LogP contribution in [0, 0.1) is 0 Å². The monoisotopic (exact) mass is 581 g/mol. The van der Waals surface area contributed by atoms with E-state index >= 15 is 0 Å². The van der Waals surface area contributed by atoms with Gasteiger partial charge in [-0.05, 0) is 12.8 Å². The summed E-state index contributed by atoms with van der Waals surface area (Å²) in [5, 5.41) is 0. The van der Waals surface area contributed by atoms with E-state index in [-0.39, 0.29) is 11.8 Å². The zero-order valence-electron chi connectivity index (χ0n) is 28.8. The molecule has 0 heterocycles. The Balaban J connectivity index is 3.91. The number of carbonyl (C=O) groups is 2. The van der Waals surface area contributed by atoms with Gasteiger partial charge in [-0.2, -0.15) is 0 Å². The van der Waals surface area contributed by atoms with Crippen LogP contribution in [-0.4, -0.2) is 50.0 Å². The molecule has 0 amide bonds. The molecule has 1 unspecified atom stereocenters. The minimum atomic E-state index is -0.596. The molecule has 0 saturated carbocycles. The van der Waals surface area contributed by atoms with Gasteiger partial charge in [-0.1, -0.05) is 168 Å². The minimum absolute atomic E-state index is 0.111. The molecule has 0 bridgehead atoms. The van der Waals surface area contributed by atoms with E-state index in [1.54, 1.807) is 0 Å². The van der Waals surface area contributed by atoms with Crippen LogP contribution >= 0.6 is 0 Å². The Bertz CT molecular complexity index is 583. The Morgan fingerprint density at radius 2 is 0.756 bits per heavy atom. The van der Waals surface area contributed by atoms with Crippen molar-refractivity contribution in [2.75, 3.05) is 27.7 Å². The second-order valence-electron chi connectivity index (χ2n) is 13.9. The predicted octanol–water partition coefficient (Wildman–Crippen LogP) is 11.1. The molecular weight excluding hydrogens is 506 g/mol. The van der Waals surface area contributed by atoms with Crippen molar-refractivity contribution < 1.29 is 18.8 Å². The van der Waals surface area contributed by atoms with Crippen LogP contribution in [0.4, 0.5) is 0 Å². The number of hydrogen-bond donors (Lipinski definition) is 0. The van der Waals surface area contributed by atoms with Crippen LogP contribution in [0.25, 0.3) is 0 Å². The summed E-state index contributed by atoms with van der Waals surface area (Å²) < 4.78 is 6.38. The summed E-state index contributed by atoms with van der Waals surface area (Å²) in [5.41, 5.74) is 0. The lowest BCUT2D eigenvalue weighted by Crippen LogP contribution is -2.46. The number of likely N-dealkylation sites (N-methyl/N-ethyl adjacent to an activating group) is 1. The van der Waals surface area contributed by atoms with Crippen molar-refractivity contribution in [2.24, 2.45) is 0 Å². The summed E-state index contributed by atoms with van der Waals surface area (Å²) in [6.07, 6.45) is 34.1. The molecule has 0 N–H and O–H groups in total. The summed E-state index contributed by atoms with van der Waals surface area (Å²) in [6.45, 7) is 5.10. The summed E-state index contributed by atoms with van der Waals surface area (Å²) in [5.74, 6) is -0.0786. The molecule has 0 saturated heterocycles. The summed E-state index contributed by atoms with van der Waals surface area (Å²) in [6, 6.07) is 0. The van der Waals surface area contributed by atoms with Crippen molar-refractivity contribution in [1.82, 2.24) is 0 Å². The van der Waals surface area contributed by atoms with Crippen molar-refractivity contribution >= 4 is 11.8 Å². The molecule has 0 rings (SSSR count).